The minimum Gasteiger partial charge on any atom is -0.380 e. The number of anilines is 1. The first-order valence-electron chi connectivity index (χ1n) is 8.42. The minimum atomic E-state index is -0.267. The van der Waals surface area contributed by atoms with E-state index in [0.29, 0.717) is 18.7 Å². The van der Waals surface area contributed by atoms with E-state index in [1.165, 1.54) is 0 Å². The number of benzene rings is 2. The quantitative estimate of drug-likeness (QED) is 0.637. The van der Waals surface area contributed by atoms with Crippen LogP contribution in [0.15, 0.2) is 73.1 Å². The van der Waals surface area contributed by atoms with Crippen molar-refractivity contribution in [3.63, 3.8) is 0 Å². The van der Waals surface area contributed by atoms with Crippen LogP contribution >= 0.6 is 0 Å². The van der Waals surface area contributed by atoms with Gasteiger partial charge in [-0.1, -0.05) is 42.5 Å². The predicted molar refractivity (Wildman–Crippen MR) is 101 cm³/mol. The van der Waals surface area contributed by atoms with E-state index in [1.807, 2.05) is 67.6 Å². The van der Waals surface area contributed by atoms with E-state index in [0.717, 1.165) is 22.4 Å². The Morgan fingerprint density at radius 2 is 1.73 bits per heavy atom. The fourth-order valence-electron chi connectivity index (χ4n) is 2.62. The lowest BCUT2D eigenvalue weighted by atomic mass is 10.1. The van der Waals surface area contributed by atoms with Crippen molar-refractivity contribution >= 4 is 11.6 Å². The molecular formula is C21H21N3O2. The molecule has 132 valence electrons. The van der Waals surface area contributed by atoms with Gasteiger partial charge in [0.05, 0.1) is 12.2 Å². The molecule has 1 heterocycles. The highest BCUT2D eigenvalue weighted by molar-refractivity contribution is 6.00. The molecule has 26 heavy (non-hydrogen) atoms. The Hall–Kier alpha value is -3.18. The van der Waals surface area contributed by atoms with Crippen LogP contribution < -0.4 is 10.8 Å². The van der Waals surface area contributed by atoms with Gasteiger partial charge in [-0.15, -0.1) is 0 Å². The number of aryl methyl sites for hydroxylation is 1. The fraction of sp³-hybridized carbons (Fsp3) is 0.143. The van der Waals surface area contributed by atoms with Crippen LogP contribution in [0.5, 0.6) is 0 Å². The van der Waals surface area contributed by atoms with Gasteiger partial charge in [0.1, 0.15) is 0 Å². The van der Waals surface area contributed by atoms with Crippen LogP contribution in [0.4, 0.5) is 5.69 Å². The number of hydrogen-bond acceptors (Lipinski definition) is 4. The molecule has 0 saturated heterocycles. The zero-order chi connectivity index (χ0) is 18.2. The predicted octanol–water partition coefficient (Wildman–Crippen LogP) is 3.86. The maximum atomic E-state index is 12.6. The molecule has 0 fully saturated rings. The number of nitrogens with zero attached hydrogens (tertiary/aromatic N) is 1. The highest BCUT2D eigenvalue weighted by Gasteiger charge is 2.14. The molecule has 0 spiro atoms. The van der Waals surface area contributed by atoms with Gasteiger partial charge in [0, 0.05) is 24.6 Å². The molecule has 3 rings (SSSR count). The first kappa shape index (κ1) is 17.6. The van der Waals surface area contributed by atoms with Crippen LogP contribution in [0, 0.1) is 6.92 Å². The van der Waals surface area contributed by atoms with Crippen LogP contribution in [0.1, 0.15) is 27.0 Å². The maximum Gasteiger partial charge on any atom is 0.277 e. The summed E-state index contributed by atoms with van der Waals surface area (Å²) in [6, 6.07) is 19.3. The van der Waals surface area contributed by atoms with E-state index in [9.17, 15) is 4.79 Å². The normalized spacial score (nSPS) is 10.3. The second-order valence-electron chi connectivity index (χ2n) is 5.91. The molecule has 0 saturated carbocycles. The maximum absolute atomic E-state index is 12.6. The van der Waals surface area contributed by atoms with E-state index >= 15 is 0 Å². The number of amides is 1. The number of hydroxylamine groups is 1. The van der Waals surface area contributed by atoms with Crippen LogP contribution in [0.25, 0.3) is 0 Å². The van der Waals surface area contributed by atoms with Gasteiger partial charge in [-0.25, -0.2) is 5.48 Å². The number of hydrogen-bond donors (Lipinski definition) is 2. The van der Waals surface area contributed by atoms with Crippen molar-refractivity contribution < 1.29 is 9.63 Å². The van der Waals surface area contributed by atoms with E-state index < -0.39 is 0 Å². The summed E-state index contributed by atoms with van der Waals surface area (Å²) in [5.41, 5.74) is 6.85. The fourth-order valence-corrected chi connectivity index (χ4v) is 2.62. The third-order valence-corrected chi connectivity index (χ3v) is 3.98. The molecule has 5 heteroatoms. The lowest BCUT2D eigenvalue weighted by molar-refractivity contribution is 0.0233. The lowest BCUT2D eigenvalue weighted by Gasteiger charge is -2.14. The molecule has 0 bridgehead atoms. The molecule has 0 radical (unpaired) electrons. The summed E-state index contributed by atoms with van der Waals surface area (Å²) in [6.45, 7) is 2.83. The zero-order valence-corrected chi connectivity index (χ0v) is 14.6. The van der Waals surface area contributed by atoms with E-state index in [-0.39, 0.29) is 5.91 Å². The van der Waals surface area contributed by atoms with Gasteiger partial charge < -0.3 is 5.32 Å². The van der Waals surface area contributed by atoms with Gasteiger partial charge in [0.2, 0.25) is 0 Å². The molecule has 0 aliphatic heterocycles. The third kappa shape index (κ3) is 4.68. The van der Waals surface area contributed by atoms with E-state index in [1.54, 1.807) is 12.4 Å². The molecular weight excluding hydrogens is 326 g/mol. The number of rotatable bonds is 7. The van der Waals surface area contributed by atoms with Crippen LogP contribution in [-0.2, 0) is 18.0 Å². The summed E-state index contributed by atoms with van der Waals surface area (Å²) in [6.07, 6.45) is 3.50. The van der Waals surface area contributed by atoms with Crippen molar-refractivity contribution in [2.45, 2.75) is 20.1 Å². The summed E-state index contributed by atoms with van der Waals surface area (Å²) >= 11 is 0. The number of aromatic nitrogens is 1. The average Bonchev–Trinajstić information content (AvgIpc) is 2.68. The molecule has 1 amide bonds. The zero-order valence-electron chi connectivity index (χ0n) is 14.6. The minimum absolute atomic E-state index is 0.267. The van der Waals surface area contributed by atoms with E-state index in [4.69, 9.17) is 4.84 Å². The third-order valence-electron chi connectivity index (χ3n) is 3.98. The standard InChI is InChI=1S/C21H21N3O2/c1-16-6-5-9-19(23-14-17-10-12-22-13-11-17)20(16)21(25)24-26-15-18-7-3-2-4-8-18/h2-13,23H,14-15H2,1H3,(H,24,25). The molecule has 0 unspecified atom stereocenters. The van der Waals surface area contributed by atoms with Crippen molar-refractivity contribution in [1.29, 1.82) is 0 Å². The summed E-state index contributed by atoms with van der Waals surface area (Å²) in [4.78, 5) is 22.0. The molecule has 3 aromatic rings. The Bertz CT molecular complexity index is 852. The summed E-state index contributed by atoms with van der Waals surface area (Å²) in [5.74, 6) is -0.267. The van der Waals surface area contributed by atoms with Gasteiger partial charge in [-0.3, -0.25) is 14.6 Å². The summed E-state index contributed by atoms with van der Waals surface area (Å²) < 4.78 is 0. The highest BCUT2D eigenvalue weighted by atomic mass is 16.6. The molecule has 0 atom stereocenters. The van der Waals surface area contributed by atoms with Gasteiger partial charge in [0.15, 0.2) is 0 Å². The van der Waals surface area contributed by atoms with Crippen molar-refractivity contribution in [2.24, 2.45) is 0 Å². The summed E-state index contributed by atoms with van der Waals surface area (Å²) in [5, 5.41) is 3.32. The Morgan fingerprint density at radius 1 is 0.962 bits per heavy atom. The number of carbonyl (C=O) groups is 1. The van der Waals surface area contributed by atoms with E-state index in [2.05, 4.69) is 15.8 Å². The second kappa shape index (κ2) is 8.78. The highest BCUT2D eigenvalue weighted by Crippen LogP contribution is 2.20. The van der Waals surface area contributed by atoms with Gasteiger partial charge in [-0.2, -0.15) is 0 Å². The average molecular weight is 347 g/mol. The smallest absolute Gasteiger partial charge is 0.277 e. The van der Waals surface area contributed by atoms with Crippen molar-refractivity contribution in [1.82, 2.24) is 10.5 Å². The topological polar surface area (TPSA) is 63.2 Å². The van der Waals surface area contributed by atoms with Crippen LogP contribution in [-0.4, -0.2) is 10.9 Å². The first-order valence-corrected chi connectivity index (χ1v) is 8.42. The number of nitrogens with one attached hydrogen (secondary N) is 2. The van der Waals surface area contributed by atoms with Gasteiger partial charge in [-0.05, 0) is 41.8 Å². The van der Waals surface area contributed by atoms with Crippen molar-refractivity contribution in [3.8, 4) is 0 Å². The summed E-state index contributed by atoms with van der Waals surface area (Å²) in [7, 11) is 0. The molecule has 5 nitrogen and oxygen atoms in total. The van der Waals surface area contributed by atoms with Crippen LogP contribution in [0.2, 0.25) is 0 Å². The SMILES string of the molecule is Cc1cccc(NCc2ccncc2)c1C(=O)NOCc1ccccc1. The van der Waals surface area contributed by atoms with Crippen molar-refractivity contribution in [2.75, 3.05) is 5.32 Å². The molecule has 2 aromatic carbocycles. The molecule has 0 aliphatic rings. The number of carbonyl (C=O) groups excluding carboxylic acids is 1. The van der Waals surface area contributed by atoms with Gasteiger partial charge in [0.25, 0.3) is 5.91 Å². The Balaban J connectivity index is 1.65. The largest absolute Gasteiger partial charge is 0.380 e. The molecule has 1 aromatic heterocycles. The van der Waals surface area contributed by atoms with Gasteiger partial charge >= 0.3 is 0 Å². The van der Waals surface area contributed by atoms with Crippen molar-refractivity contribution in [3.05, 3.63) is 95.3 Å². The monoisotopic (exact) mass is 347 g/mol. The second-order valence-corrected chi connectivity index (χ2v) is 5.91. The Labute approximate surface area is 153 Å². The lowest BCUT2D eigenvalue weighted by Crippen LogP contribution is -2.25. The Kier molecular flexibility index (Phi) is 5.96. The molecule has 2 N–H and O–H groups in total. The first-order chi connectivity index (χ1) is 12.7. The Morgan fingerprint density at radius 3 is 2.50 bits per heavy atom. The number of pyridine rings is 1. The van der Waals surface area contributed by atoms with Crippen LogP contribution in [0.3, 0.4) is 0 Å². The molecule has 0 aliphatic carbocycles.